The van der Waals surface area contributed by atoms with Gasteiger partial charge >= 0.3 is 0 Å². The summed E-state index contributed by atoms with van der Waals surface area (Å²) in [5.41, 5.74) is 40.6. The maximum absolute atomic E-state index is 2.43. The van der Waals surface area contributed by atoms with Gasteiger partial charge < -0.3 is 18.3 Å². The van der Waals surface area contributed by atoms with E-state index in [-0.39, 0.29) is 0 Å². The molecular weight excluding hydrogens is 1570 g/mol. The Hall–Kier alpha value is -17.2. The van der Waals surface area contributed by atoms with Gasteiger partial charge in [-0.1, -0.05) is 346 Å². The summed E-state index contributed by atoms with van der Waals surface area (Å²) in [6, 6.07) is 186. The molecule has 608 valence electrons. The second-order valence-electron chi connectivity index (χ2n) is 33.9. The number of hydrogen-bond donors (Lipinski definition) is 0. The first-order valence-electron chi connectivity index (χ1n) is 44.7. The molecule has 4 nitrogen and oxygen atoms in total. The summed E-state index contributed by atoms with van der Waals surface area (Å²) < 4.78 is 9.64. The molecule has 0 radical (unpaired) electrons. The zero-order valence-corrected chi connectivity index (χ0v) is 71.3. The van der Waals surface area contributed by atoms with Gasteiger partial charge in [0.05, 0.1) is 44.1 Å². The Morgan fingerprint density at radius 3 is 0.438 bits per heavy atom. The Balaban J connectivity index is 0.000000145. The van der Waals surface area contributed by atoms with Crippen LogP contribution in [0.25, 0.3) is 232 Å². The Bertz CT molecular complexity index is 8430. The zero-order valence-electron chi connectivity index (χ0n) is 71.3. The molecule has 0 aliphatic rings. The van der Waals surface area contributed by atoms with Crippen molar-refractivity contribution in [3.63, 3.8) is 0 Å². The molecule has 0 saturated heterocycles. The van der Waals surface area contributed by atoms with E-state index in [4.69, 9.17) is 0 Å². The fraction of sp³-hybridized carbons (Fsp3) is 0. The number of benzene rings is 21. The van der Waals surface area contributed by atoms with Gasteiger partial charge in [-0.05, 0) is 286 Å². The van der Waals surface area contributed by atoms with Crippen LogP contribution in [-0.2, 0) is 0 Å². The highest BCUT2D eigenvalue weighted by Gasteiger charge is 2.22. The molecule has 0 bridgehead atoms. The van der Waals surface area contributed by atoms with E-state index >= 15 is 0 Å². The number of hydrogen-bond acceptors (Lipinski definition) is 0. The third kappa shape index (κ3) is 14.0. The summed E-state index contributed by atoms with van der Waals surface area (Å²) in [6.07, 6.45) is 0. The van der Waals surface area contributed by atoms with Crippen LogP contribution in [0.3, 0.4) is 0 Å². The number of rotatable bonds is 15. The monoisotopic (exact) mass is 1650 g/mol. The van der Waals surface area contributed by atoms with E-state index in [1.54, 1.807) is 0 Å². The van der Waals surface area contributed by atoms with Gasteiger partial charge in [-0.25, -0.2) is 0 Å². The van der Waals surface area contributed by atoms with E-state index in [2.05, 4.69) is 528 Å². The van der Waals surface area contributed by atoms with E-state index in [0.29, 0.717) is 0 Å². The Morgan fingerprint density at radius 2 is 0.223 bits per heavy atom. The minimum absolute atomic E-state index is 1.13. The normalized spacial score (nSPS) is 11.5. The van der Waals surface area contributed by atoms with Gasteiger partial charge in [-0.2, -0.15) is 0 Å². The standard InChI is InChI=1S/C66H44N2.C60H40N2/c1-5-15-45(16-6-1)49-25-32-57(33-26-49)67-63-24-14-13-23-59(63)60-43-52(30-37-64(60)67)53-31-38-66-62(44-53)61-42-51(46-17-7-2-8-18-46)29-36-65(61)68(66)58-34-27-50(28-35-58)56-40-54(47-19-9-3-10-20-47)39-55(41-56)48-21-11-4-12-22-48;1-4-14-41(15-5-1)44-24-30-51(31-25-44)61-57-22-12-10-20-53(57)55-39-46(28-34-59(55)61)47-29-35-60-56(40-47)54-21-11-13-23-58(54)62(60)52-32-26-45(27-33-52)50-37-48(42-16-6-2-7-17-42)36-49(38-50)43-18-8-3-9-19-43/h1-44H;1-40H. The predicted octanol–water partition coefficient (Wildman–Crippen LogP) is 34.1. The van der Waals surface area contributed by atoms with Crippen molar-refractivity contribution in [3.05, 3.63) is 510 Å². The molecule has 25 rings (SSSR count). The van der Waals surface area contributed by atoms with Gasteiger partial charge in [0.1, 0.15) is 0 Å². The van der Waals surface area contributed by atoms with Crippen LogP contribution in [0.2, 0.25) is 0 Å². The van der Waals surface area contributed by atoms with E-state index in [1.807, 2.05) is 0 Å². The van der Waals surface area contributed by atoms with Crippen LogP contribution in [0.4, 0.5) is 0 Å². The summed E-state index contributed by atoms with van der Waals surface area (Å²) in [5, 5.41) is 9.92. The highest BCUT2D eigenvalue weighted by molar-refractivity contribution is 6.16. The lowest BCUT2D eigenvalue weighted by atomic mass is 9.93. The van der Waals surface area contributed by atoms with Gasteiger partial charge in [0.25, 0.3) is 0 Å². The number of para-hydroxylation sites is 3. The molecule has 4 aromatic heterocycles. The summed E-state index contributed by atoms with van der Waals surface area (Å²) in [7, 11) is 0. The van der Waals surface area contributed by atoms with Gasteiger partial charge in [-0.15, -0.1) is 0 Å². The molecule has 0 aliphatic heterocycles. The maximum atomic E-state index is 2.43. The second-order valence-corrected chi connectivity index (χ2v) is 33.9. The van der Waals surface area contributed by atoms with Crippen LogP contribution in [-0.4, -0.2) is 18.3 Å². The Kier molecular flexibility index (Phi) is 19.3. The lowest BCUT2D eigenvalue weighted by Gasteiger charge is -2.13. The van der Waals surface area contributed by atoms with Crippen molar-refractivity contribution in [3.8, 4) is 145 Å². The van der Waals surface area contributed by atoms with Gasteiger partial charge in [-0.3, -0.25) is 0 Å². The van der Waals surface area contributed by atoms with Crippen molar-refractivity contribution < 1.29 is 0 Å². The average molecular weight is 1650 g/mol. The first kappa shape index (κ1) is 76.5. The van der Waals surface area contributed by atoms with Crippen LogP contribution in [0, 0.1) is 0 Å². The summed E-state index contributed by atoms with van der Waals surface area (Å²) in [4.78, 5) is 0. The zero-order chi connectivity index (χ0) is 86.0. The number of aromatic nitrogens is 4. The van der Waals surface area contributed by atoms with Crippen LogP contribution < -0.4 is 0 Å². The quantitative estimate of drug-likeness (QED) is 0.0975. The smallest absolute Gasteiger partial charge is 0.0541 e. The SMILES string of the molecule is c1ccc(-c2ccc(-n3c4ccccc4c4cc(-c5ccc6c(c5)c5cc(-c7ccccc7)ccc5n6-c5ccc(-c6cc(-c7ccccc7)cc(-c7ccccc7)c6)cc5)ccc43)cc2)cc1.c1ccc(-c2ccc(-n3c4ccccc4c4cc(-c5ccc6c(c5)c5ccccc5n6-c5ccc(-c6cc(-c7ccccc7)cc(-c7ccccc7)c6)cc5)ccc43)cc2)cc1. The van der Waals surface area contributed by atoms with Crippen molar-refractivity contribution in [2.45, 2.75) is 0 Å². The third-order valence-electron chi connectivity index (χ3n) is 26.2. The third-order valence-corrected chi connectivity index (χ3v) is 26.2. The molecule has 0 amide bonds. The molecule has 0 fully saturated rings. The lowest BCUT2D eigenvalue weighted by Crippen LogP contribution is -1.94. The van der Waals surface area contributed by atoms with Crippen LogP contribution in [0.15, 0.2) is 510 Å². The molecule has 0 unspecified atom stereocenters. The average Bonchev–Trinajstić information content (AvgIpc) is 1.60. The van der Waals surface area contributed by atoms with Crippen molar-refractivity contribution in [1.29, 1.82) is 0 Å². The van der Waals surface area contributed by atoms with E-state index in [1.165, 1.54) is 210 Å². The molecule has 0 atom stereocenters. The largest absolute Gasteiger partial charge is 0.309 e. The Labute approximate surface area is 754 Å². The molecule has 130 heavy (non-hydrogen) atoms. The topological polar surface area (TPSA) is 19.7 Å². The van der Waals surface area contributed by atoms with Crippen LogP contribution >= 0.6 is 0 Å². The van der Waals surface area contributed by atoms with Crippen LogP contribution in [0.5, 0.6) is 0 Å². The molecule has 0 spiro atoms. The molecule has 25 aromatic rings. The van der Waals surface area contributed by atoms with Crippen molar-refractivity contribution in [2.75, 3.05) is 0 Å². The number of fused-ring (bicyclic) bond motifs is 12. The molecule has 0 aliphatic carbocycles. The van der Waals surface area contributed by atoms with Gasteiger partial charge in [0.2, 0.25) is 0 Å². The first-order chi connectivity index (χ1) is 64.4. The van der Waals surface area contributed by atoms with Crippen LogP contribution in [0.1, 0.15) is 0 Å². The molecule has 0 N–H and O–H groups in total. The second kappa shape index (κ2) is 32.7. The van der Waals surface area contributed by atoms with Gasteiger partial charge in [0, 0.05) is 65.8 Å². The maximum Gasteiger partial charge on any atom is 0.0541 e. The molecule has 4 heterocycles. The Morgan fingerprint density at radius 1 is 0.0846 bits per heavy atom. The van der Waals surface area contributed by atoms with Crippen molar-refractivity contribution >= 4 is 87.2 Å². The molecule has 4 heteroatoms. The molecule has 0 saturated carbocycles. The predicted molar refractivity (Wildman–Crippen MR) is 550 cm³/mol. The fourth-order valence-electron chi connectivity index (χ4n) is 19.8. The van der Waals surface area contributed by atoms with E-state index < -0.39 is 0 Å². The summed E-state index contributed by atoms with van der Waals surface area (Å²) in [5.74, 6) is 0. The van der Waals surface area contributed by atoms with Gasteiger partial charge in [0.15, 0.2) is 0 Å². The van der Waals surface area contributed by atoms with Crippen molar-refractivity contribution in [2.24, 2.45) is 0 Å². The fourth-order valence-corrected chi connectivity index (χ4v) is 19.8. The highest BCUT2D eigenvalue weighted by atomic mass is 15.0. The lowest BCUT2D eigenvalue weighted by molar-refractivity contribution is 1.18. The minimum Gasteiger partial charge on any atom is -0.309 e. The first-order valence-corrected chi connectivity index (χ1v) is 44.7. The number of nitrogens with zero attached hydrogens (tertiary/aromatic N) is 4. The van der Waals surface area contributed by atoms with E-state index in [0.717, 1.165) is 22.7 Å². The molecule has 21 aromatic carbocycles. The molecular formula is C126H84N4. The van der Waals surface area contributed by atoms with Crippen molar-refractivity contribution in [1.82, 2.24) is 18.3 Å². The summed E-state index contributed by atoms with van der Waals surface area (Å²) in [6.45, 7) is 0. The van der Waals surface area contributed by atoms with E-state index in [9.17, 15) is 0 Å². The summed E-state index contributed by atoms with van der Waals surface area (Å²) >= 11 is 0. The highest BCUT2D eigenvalue weighted by Crippen LogP contribution is 2.45. The minimum atomic E-state index is 1.13.